The zero-order valence-electron chi connectivity index (χ0n) is 10.3. The second kappa shape index (κ2) is 4.81. The van der Waals surface area contributed by atoms with Crippen LogP contribution in [0.25, 0.3) is 5.65 Å². The fourth-order valence-electron chi connectivity index (χ4n) is 1.60. The summed E-state index contributed by atoms with van der Waals surface area (Å²) in [5, 5.41) is 15.3. The molecule has 0 radical (unpaired) electrons. The molecule has 0 bridgehead atoms. The third-order valence-corrected chi connectivity index (χ3v) is 2.57. The Morgan fingerprint density at radius 2 is 2.26 bits per heavy atom. The molecule has 0 atom stereocenters. The molecule has 0 aliphatic rings. The summed E-state index contributed by atoms with van der Waals surface area (Å²) in [5.41, 5.74) is 5.26. The molecule has 7 nitrogen and oxygen atoms in total. The Hall–Kier alpha value is -2.83. The number of nitrogens with zero attached hydrogens (tertiary/aromatic N) is 5. The average Bonchev–Trinajstić information content (AvgIpc) is 2.93. The van der Waals surface area contributed by atoms with Crippen molar-refractivity contribution in [1.82, 2.24) is 20.3 Å². The molecule has 0 fully saturated rings. The van der Waals surface area contributed by atoms with Gasteiger partial charge in [0.05, 0.1) is 11.4 Å². The lowest BCUT2D eigenvalue weighted by Gasteiger charge is -2.00. The van der Waals surface area contributed by atoms with Crippen LogP contribution in [-0.4, -0.2) is 26.0 Å². The number of aromatic amines is 1. The molecule has 19 heavy (non-hydrogen) atoms. The summed E-state index contributed by atoms with van der Waals surface area (Å²) in [6, 6.07) is 9.35. The molecule has 2 N–H and O–H groups in total. The molecular formula is C12H12N7+. The highest BCUT2D eigenvalue weighted by molar-refractivity contribution is 5.97. The van der Waals surface area contributed by atoms with Crippen LogP contribution in [0.15, 0.2) is 48.0 Å². The first-order valence-corrected chi connectivity index (χ1v) is 5.77. The molecule has 7 heteroatoms. The fraction of sp³-hybridized carbons (Fsp3) is 0.0833. The van der Waals surface area contributed by atoms with Gasteiger partial charge in [0, 0.05) is 17.4 Å². The molecule has 3 aromatic rings. The lowest BCUT2D eigenvalue weighted by atomic mass is 10.3. The number of nitrogens with one attached hydrogen (secondary N) is 2. The minimum Gasteiger partial charge on any atom is -0.258 e. The van der Waals surface area contributed by atoms with Crippen molar-refractivity contribution >= 4 is 17.2 Å². The van der Waals surface area contributed by atoms with E-state index in [1.807, 2.05) is 37.3 Å². The summed E-state index contributed by atoms with van der Waals surface area (Å²) in [6.07, 6.45) is 3.40. The van der Waals surface area contributed by atoms with Crippen molar-refractivity contribution in [3.63, 3.8) is 0 Å². The first kappa shape index (κ1) is 11.3. The third kappa shape index (κ3) is 2.39. The van der Waals surface area contributed by atoms with Gasteiger partial charge in [-0.25, -0.2) is 0 Å². The van der Waals surface area contributed by atoms with Crippen molar-refractivity contribution in [2.24, 2.45) is 5.10 Å². The molecule has 94 valence electrons. The molecule has 0 amide bonds. The molecule has 0 unspecified atom stereocenters. The van der Waals surface area contributed by atoms with Gasteiger partial charge in [-0.05, 0) is 25.1 Å². The summed E-state index contributed by atoms with van der Waals surface area (Å²) in [4.78, 5) is 4.22. The minimum absolute atomic E-state index is 0.634. The second-order valence-corrected chi connectivity index (χ2v) is 3.92. The van der Waals surface area contributed by atoms with Gasteiger partial charge >= 0.3 is 5.65 Å². The number of hydrogen-bond acceptors (Lipinski definition) is 5. The van der Waals surface area contributed by atoms with E-state index >= 15 is 0 Å². The topological polar surface area (TPSA) is 83.0 Å². The summed E-state index contributed by atoms with van der Waals surface area (Å²) >= 11 is 0. The predicted octanol–water partition coefficient (Wildman–Crippen LogP) is 0.774. The van der Waals surface area contributed by atoms with Crippen LogP contribution in [0.3, 0.4) is 0 Å². The monoisotopic (exact) mass is 254 g/mol. The minimum atomic E-state index is 0.634. The Labute approximate surface area is 109 Å². The van der Waals surface area contributed by atoms with Crippen molar-refractivity contribution in [2.45, 2.75) is 6.92 Å². The number of H-pyrrole nitrogens is 1. The number of hydrogen-bond donors (Lipinski definition) is 2. The second-order valence-electron chi connectivity index (χ2n) is 3.92. The first-order valence-electron chi connectivity index (χ1n) is 5.77. The van der Waals surface area contributed by atoms with Crippen LogP contribution in [0.2, 0.25) is 0 Å². The van der Waals surface area contributed by atoms with Gasteiger partial charge in [0.25, 0.3) is 0 Å². The Balaban J connectivity index is 1.81. The lowest BCUT2D eigenvalue weighted by Crippen LogP contribution is -2.24. The van der Waals surface area contributed by atoms with Gasteiger partial charge in [0.2, 0.25) is 6.33 Å². The highest BCUT2D eigenvalue weighted by Crippen LogP contribution is 2.02. The zero-order valence-corrected chi connectivity index (χ0v) is 10.3. The Bertz CT molecular complexity index is 717. The molecular weight excluding hydrogens is 242 g/mol. The maximum atomic E-state index is 4.29. The molecule has 0 aromatic carbocycles. The van der Waals surface area contributed by atoms with Crippen molar-refractivity contribution in [2.75, 3.05) is 5.43 Å². The molecule has 3 heterocycles. The van der Waals surface area contributed by atoms with Gasteiger partial charge in [0.1, 0.15) is 0 Å². The Morgan fingerprint density at radius 1 is 1.32 bits per heavy atom. The molecule has 3 aromatic heterocycles. The molecule has 0 saturated heterocycles. The molecule has 0 aliphatic heterocycles. The van der Waals surface area contributed by atoms with E-state index in [9.17, 15) is 0 Å². The van der Waals surface area contributed by atoms with Crippen LogP contribution in [0.5, 0.6) is 0 Å². The first-order chi connectivity index (χ1) is 9.33. The molecule has 3 rings (SSSR count). The quantitative estimate of drug-likeness (QED) is 0.411. The van der Waals surface area contributed by atoms with Gasteiger partial charge in [-0.2, -0.15) is 5.10 Å². The van der Waals surface area contributed by atoms with E-state index in [4.69, 9.17) is 0 Å². The standard InChI is InChI=1S/C12H11N7/c1-9(10-4-2-3-7-13-10)15-16-11-5-6-12-17-14-8-19(12)18-11/h2-8H,1H3,(H,13,16,18)/p+1. The number of aromatic nitrogens is 5. The van der Waals surface area contributed by atoms with E-state index in [0.717, 1.165) is 17.1 Å². The van der Waals surface area contributed by atoms with Crippen LogP contribution in [0, 0.1) is 0 Å². The highest BCUT2D eigenvalue weighted by atomic mass is 15.4. The number of anilines is 1. The van der Waals surface area contributed by atoms with Crippen molar-refractivity contribution in [3.8, 4) is 0 Å². The SMILES string of the molecule is CC(=NNc1ccc2n[nH]c[n+]2n1)c1ccccn1. The van der Waals surface area contributed by atoms with Gasteiger partial charge in [-0.15, -0.1) is 9.61 Å². The van der Waals surface area contributed by atoms with E-state index in [1.165, 1.54) is 0 Å². The van der Waals surface area contributed by atoms with Crippen molar-refractivity contribution < 1.29 is 4.52 Å². The van der Waals surface area contributed by atoms with Gasteiger partial charge in [-0.3, -0.25) is 10.4 Å². The van der Waals surface area contributed by atoms with E-state index in [2.05, 4.69) is 30.8 Å². The lowest BCUT2D eigenvalue weighted by molar-refractivity contribution is -0.579. The van der Waals surface area contributed by atoms with Gasteiger partial charge < -0.3 is 0 Å². The van der Waals surface area contributed by atoms with Crippen molar-refractivity contribution in [3.05, 3.63) is 48.5 Å². The average molecular weight is 254 g/mol. The number of hydrazone groups is 1. The zero-order chi connectivity index (χ0) is 13.1. The van der Waals surface area contributed by atoms with Crippen LogP contribution in [0.4, 0.5) is 5.82 Å². The maximum absolute atomic E-state index is 4.29. The highest BCUT2D eigenvalue weighted by Gasteiger charge is 2.05. The summed E-state index contributed by atoms with van der Waals surface area (Å²) in [5.74, 6) is 0.634. The third-order valence-electron chi connectivity index (χ3n) is 2.57. The van der Waals surface area contributed by atoms with E-state index in [-0.39, 0.29) is 0 Å². The Morgan fingerprint density at radius 3 is 3.11 bits per heavy atom. The molecule has 0 saturated carbocycles. The molecule has 0 aliphatic carbocycles. The number of fused-ring (bicyclic) bond motifs is 1. The van der Waals surface area contributed by atoms with E-state index in [1.54, 1.807) is 17.0 Å². The maximum Gasteiger partial charge on any atom is 0.325 e. The van der Waals surface area contributed by atoms with E-state index in [0.29, 0.717) is 5.82 Å². The van der Waals surface area contributed by atoms with Gasteiger partial charge in [-0.1, -0.05) is 11.2 Å². The largest absolute Gasteiger partial charge is 0.325 e. The summed E-state index contributed by atoms with van der Waals surface area (Å²) in [7, 11) is 0. The number of rotatable bonds is 3. The summed E-state index contributed by atoms with van der Waals surface area (Å²) < 4.78 is 1.63. The number of pyridine rings is 1. The van der Waals surface area contributed by atoms with Crippen LogP contribution >= 0.6 is 0 Å². The molecule has 0 spiro atoms. The normalized spacial score (nSPS) is 11.7. The van der Waals surface area contributed by atoms with Gasteiger partial charge in [0.15, 0.2) is 5.82 Å². The summed E-state index contributed by atoms with van der Waals surface area (Å²) in [6.45, 7) is 1.89. The predicted molar refractivity (Wildman–Crippen MR) is 69.6 cm³/mol. The van der Waals surface area contributed by atoms with Crippen LogP contribution < -0.4 is 9.94 Å². The van der Waals surface area contributed by atoms with Crippen molar-refractivity contribution in [1.29, 1.82) is 0 Å². The smallest absolute Gasteiger partial charge is 0.258 e. The van der Waals surface area contributed by atoms with E-state index < -0.39 is 0 Å². The Kier molecular flexibility index (Phi) is 2.85. The van der Waals surface area contributed by atoms with Crippen LogP contribution in [-0.2, 0) is 0 Å². The van der Waals surface area contributed by atoms with Crippen LogP contribution in [0.1, 0.15) is 12.6 Å². The fourth-order valence-corrected chi connectivity index (χ4v) is 1.60.